The molecule has 1 aromatic heterocycles. The van der Waals surface area contributed by atoms with Gasteiger partial charge in [0, 0.05) is 29.0 Å². The van der Waals surface area contributed by atoms with Crippen molar-refractivity contribution in [2.45, 2.75) is 32.2 Å². The van der Waals surface area contributed by atoms with E-state index in [4.69, 9.17) is 11.6 Å². The number of carbonyl (C=O) groups is 3. The average Bonchev–Trinajstić information content (AvgIpc) is 3.17. The average molecular weight is 484 g/mol. The highest BCUT2D eigenvalue weighted by Crippen LogP contribution is 2.23. The maximum Gasteiger partial charge on any atom is 0.331 e. The molecular formula is C22H22ClN7O4. The van der Waals surface area contributed by atoms with Gasteiger partial charge in [0.15, 0.2) is 6.29 Å². The highest BCUT2D eigenvalue weighted by atomic mass is 35.5. The Labute approximate surface area is 199 Å². The second kappa shape index (κ2) is 9.48. The van der Waals surface area contributed by atoms with Gasteiger partial charge in [0.25, 0.3) is 5.91 Å². The molecule has 3 aromatic rings. The fourth-order valence-corrected chi connectivity index (χ4v) is 3.93. The van der Waals surface area contributed by atoms with Gasteiger partial charge in [0.2, 0.25) is 0 Å². The quantitative estimate of drug-likeness (QED) is 0.493. The SMILES string of the molecule is CC(CC(=O)N=O)N1C(=O)NC(Nc2ccc3ncn(C)c3c2)N(Cc2ccc(Cl)cc2)C1=O. The summed E-state index contributed by atoms with van der Waals surface area (Å²) in [5.74, 6) is -0.943. The summed E-state index contributed by atoms with van der Waals surface area (Å²) in [6.45, 7) is 1.65. The van der Waals surface area contributed by atoms with Crippen molar-refractivity contribution in [2.24, 2.45) is 12.2 Å². The highest BCUT2D eigenvalue weighted by molar-refractivity contribution is 6.30. The van der Waals surface area contributed by atoms with E-state index in [1.165, 1.54) is 11.8 Å². The van der Waals surface area contributed by atoms with E-state index in [0.717, 1.165) is 21.5 Å². The number of carbonyl (C=O) groups excluding carboxylic acids is 3. The maximum absolute atomic E-state index is 13.4. The third-order valence-electron chi connectivity index (χ3n) is 5.55. The second-order valence-electron chi connectivity index (χ2n) is 8.00. The molecule has 1 aliphatic rings. The van der Waals surface area contributed by atoms with E-state index in [0.29, 0.717) is 10.7 Å². The molecule has 34 heavy (non-hydrogen) atoms. The van der Waals surface area contributed by atoms with E-state index in [1.54, 1.807) is 36.7 Å². The van der Waals surface area contributed by atoms with Crippen LogP contribution < -0.4 is 10.6 Å². The number of halogens is 1. The minimum absolute atomic E-state index is 0.144. The predicted octanol–water partition coefficient (Wildman–Crippen LogP) is 3.64. The van der Waals surface area contributed by atoms with Crippen LogP contribution in [0.2, 0.25) is 5.02 Å². The molecule has 2 atom stereocenters. The molecule has 0 bridgehead atoms. The van der Waals surface area contributed by atoms with E-state index in [1.807, 2.05) is 23.7 Å². The number of imidazole rings is 1. The Morgan fingerprint density at radius 1 is 1.24 bits per heavy atom. The van der Waals surface area contributed by atoms with Crippen LogP contribution in [-0.4, -0.2) is 49.7 Å². The van der Waals surface area contributed by atoms with E-state index >= 15 is 0 Å². The summed E-state index contributed by atoms with van der Waals surface area (Å²) in [6, 6.07) is 10.3. The van der Waals surface area contributed by atoms with Crippen LogP contribution in [0.1, 0.15) is 18.9 Å². The standard InChI is InChI=1S/C22H22ClN7O4/c1-13(9-19(31)27-34)30-21(32)26-20(25-16-7-8-17-18(10-16)28(2)12-24-17)29(22(30)33)11-14-3-5-15(23)6-4-14/h3-8,10,12-13,20,25H,9,11H2,1-2H3,(H,26,32). The summed E-state index contributed by atoms with van der Waals surface area (Å²) in [6.07, 6.45) is 0.443. The number of benzene rings is 2. The smallest absolute Gasteiger partial charge is 0.331 e. The molecule has 176 valence electrons. The minimum atomic E-state index is -0.943. The van der Waals surface area contributed by atoms with Crippen molar-refractivity contribution >= 4 is 46.3 Å². The van der Waals surface area contributed by atoms with Gasteiger partial charge >= 0.3 is 12.1 Å². The second-order valence-corrected chi connectivity index (χ2v) is 8.44. The van der Waals surface area contributed by atoms with Crippen LogP contribution in [0.4, 0.5) is 15.3 Å². The third-order valence-corrected chi connectivity index (χ3v) is 5.80. The fourth-order valence-electron chi connectivity index (χ4n) is 3.80. The molecule has 2 N–H and O–H groups in total. The number of amides is 5. The Hall–Kier alpha value is -3.99. The topological polar surface area (TPSA) is 129 Å². The molecule has 12 heteroatoms. The summed E-state index contributed by atoms with van der Waals surface area (Å²) in [5, 5.41) is 8.87. The number of hydrogen-bond donors (Lipinski definition) is 2. The lowest BCUT2D eigenvalue weighted by Gasteiger charge is -2.43. The van der Waals surface area contributed by atoms with E-state index in [2.05, 4.69) is 20.8 Å². The summed E-state index contributed by atoms with van der Waals surface area (Å²) < 4.78 is 1.86. The number of imide groups is 1. The van der Waals surface area contributed by atoms with Crippen LogP contribution in [0.3, 0.4) is 0 Å². The van der Waals surface area contributed by atoms with Crippen LogP contribution in [-0.2, 0) is 18.4 Å². The lowest BCUT2D eigenvalue weighted by Crippen LogP contribution is -2.68. The van der Waals surface area contributed by atoms with Crippen molar-refractivity contribution in [3.63, 3.8) is 0 Å². The molecular weight excluding hydrogens is 462 g/mol. The molecule has 0 radical (unpaired) electrons. The Morgan fingerprint density at radius 2 is 1.97 bits per heavy atom. The van der Waals surface area contributed by atoms with E-state index in [9.17, 15) is 19.3 Å². The number of anilines is 1. The van der Waals surface area contributed by atoms with Crippen LogP contribution in [0.25, 0.3) is 11.0 Å². The predicted molar refractivity (Wildman–Crippen MR) is 126 cm³/mol. The number of aromatic nitrogens is 2. The molecule has 2 heterocycles. The van der Waals surface area contributed by atoms with E-state index in [-0.39, 0.29) is 13.0 Å². The molecule has 0 aliphatic carbocycles. The van der Waals surface area contributed by atoms with Gasteiger partial charge in [0.1, 0.15) is 0 Å². The van der Waals surface area contributed by atoms with Gasteiger partial charge < -0.3 is 9.88 Å². The molecule has 1 saturated heterocycles. The minimum Gasteiger partial charge on any atom is -0.348 e. The first-order valence-electron chi connectivity index (χ1n) is 10.5. The fraction of sp³-hybridized carbons (Fsp3) is 0.273. The van der Waals surface area contributed by atoms with Gasteiger partial charge in [-0.25, -0.2) is 19.5 Å². The molecule has 2 unspecified atom stereocenters. The van der Waals surface area contributed by atoms with Crippen LogP contribution in [0.15, 0.2) is 54.0 Å². The Bertz CT molecular complexity index is 1260. The first-order valence-corrected chi connectivity index (χ1v) is 10.8. The summed E-state index contributed by atoms with van der Waals surface area (Å²) >= 11 is 5.98. The number of hydrogen-bond acceptors (Lipinski definition) is 6. The Morgan fingerprint density at radius 3 is 2.68 bits per heavy atom. The van der Waals surface area contributed by atoms with Gasteiger partial charge in [0.05, 0.1) is 30.3 Å². The number of rotatable bonds is 7. The van der Waals surface area contributed by atoms with Gasteiger partial charge in [-0.05, 0) is 42.8 Å². The van der Waals surface area contributed by atoms with Gasteiger partial charge in [-0.1, -0.05) is 23.7 Å². The lowest BCUT2D eigenvalue weighted by molar-refractivity contribution is -0.118. The number of urea groups is 2. The van der Waals surface area contributed by atoms with E-state index < -0.39 is 30.3 Å². The molecule has 0 spiro atoms. The summed E-state index contributed by atoms with van der Waals surface area (Å²) in [7, 11) is 1.87. The summed E-state index contributed by atoms with van der Waals surface area (Å²) in [4.78, 5) is 55.0. The molecule has 4 rings (SSSR count). The van der Waals surface area contributed by atoms with Crippen molar-refractivity contribution < 1.29 is 14.4 Å². The first-order chi connectivity index (χ1) is 16.3. The molecule has 1 aliphatic heterocycles. The zero-order valence-corrected chi connectivity index (χ0v) is 19.2. The zero-order valence-electron chi connectivity index (χ0n) is 18.4. The number of nitrogens with one attached hydrogen (secondary N) is 2. The number of fused-ring (bicyclic) bond motifs is 1. The van der Waals surface area contributed by atoms with Crippen molar-refractivity contribution in [2.75, 3.05) is 5.32 Å². The molecule has 0 saturated carbocycles. The first kappa shape index (κ1) is 23.2. The molecule has 5 amide bonds. The number of aryl methyl sites for hydroxylation is 1. The number of nitrogens with zero attached hydrogens (tertiary/aromatic N) is 5. The van der Waals surface area contributed by atoms with Crippen LogP contribution >= 0.6 is 11.6 Å². The zero-order chi connectivity index (χ0) is 24.4. The van der Waals surface area contributed by atoms with Crippen molar-refractivity contribution in [1.29, 1.82) is 0 Å². The Balaban J connectivity index is 1.64. The van der Waals surface area contributed by atoms with Crippen molar-refractivity contribution in [1.82, 2.24) is 24.7 Å². The third kappa shape index (κ3) is 4.69. The normalized spacial score (nSPS) is 17.0. The van der Waals surface area contributed by atoms with Crippen molar-refractivity contribution in [3.8, 4) is 0 Å². The van der Waals surface area contributed by atoms with Crippen LogP contribution in [0, 0.1) is 4.91 Å². The molecule has 11 nitrogen and oxygen atoms in total. The lowest BCUT2D eigenvalue weighted by atomic mass is 10.1. The monoisotopic (exact) mass is 483 g/mol. The van der Waals surface area contributed by atoms with Crippen molar-refractivity contribution in [3.05, 3.63) is 64.3 Å². The molecule has 2 aromatic carbocycles. The van der Waals surface area contributed by atoms with Gasteiger partial charge in [-0.2, -0.15) is 0 Å². The number of nitroso groups, excluding NO2 is 1. The Kier molecular flexibility index (Phi) is 6.46. The molecule has 1 fully saturated rings. The maximum atomic E-state index is 13.4. The largest absolute Gasteiger partial charge is 0.348 e. The highest BCUT2D eigenvalue weighted by Gasteiger charge is 2.41. The van der Waals surface area contributed by atoms with Crippen LogP contribution in [0.5, 0.6) is 0 Å². The van der Waals surface area contributed by atoms with Gasteiger partial charge in [-0.3, -0.25) is 15.0 Å². The summed E-state index contributed by atoms with van der Waals surface area (Å²) in [5.41, 5.74) is 3.12. The van der Waals surface area contributed by atoms with Gasteiger partial charge in [-0.15, -0.1) is 4.91 Å².